The summed E-state index contributed by atoms with van der Waals surface area (Å²) in [4.78, 5) is 11.6. The maximum atomic E-state index is 11.6. The number of carbonyl (C=O) groups excluding carboxylic acids is 1. The Hall–Kier alpha value is -0.580. The number of sulfone groups is 1. The molecule has 0 aromatic carbocycles. The van der Waals surface area contributed by atoms with Crippen molar-refractivity contribution in [2.75, 3.05) is 12.3 Å². The average Bonchev–Trinajstić information content (AvgIpc) is 2.13. The Morgan fingerprint density at radius 1 is 1.40 bits per heavy atom. The summed E-state index contributed by atoms with van der Waals surface area (Å²) in [7, 11) is -3.18. The fourth-order valence-corrected chi connectivity index (χ4v) is 3.49. The maximum absolute atomic E-state index is 11.6. The van der Waals surface area contributed by atoms with E-state index in [1.54, 1.807) is 0 Å². The Labute approximate surface area is 91.4 Å². The lowest BCUT2D eigenvalue weighted by Crippen LogP contribution is -2.43. The highest BCUT2D eigenvalue weighted by molar-refractivity contribution is 7.92. The third-order valence-corrected chi connectivity index (χ3v) is 4.73. The highest BCUT2D eigenvalue weighted by atomic mass is 32.2. The molecule has 0 saturated carbocycles. The van der Waals surface area contributed by atoms with Crippen LogP contribution < -0.4 is 5.32 Å². The van der Waals surface area contributed by atoms with Crippen molar-refractivity contribution in [3.05, 3.63) is 0 Å². The van der Waals surface area contributed by atoms with Crippen molar-refractivity contribution < 1.29 is 13.2 Å². The normalized spacial score (nSPS) is 25.1. The molecule has 15 heavy (non-hydrogen) atoms. The second-order valence-electron chi connectivity index (χ2n) is 4.49. The Morgan fingerprint density at radius 2 is 2.07 bits per heavy atom. The van der Waals surface area contributed by atoms with Crippen LogP contribution in [0.15, 0.2) is 0 Å². The van der Waals surface area contributed by atoms with Crippen LogP contribution in [0.3, 0.4) is 0 Å². The molecule has 5 heteroatoms. The van der Waals surface area contributed by atoms with E-state index in [0.717, 1.165) is 6.42 Å². The van der Waals surface area contributed by atoms with E-state index in [-0.39, 0.29) is 11.7 Å². The number of carbonyl (C=O) groups is 1. The van der Waals surface area contributed by atoms with Crippen LogP contribution in [-0.4, -0.2) is 31.9 Å². The van der Waals surface area contributed by atoms with E-state index >= 15 is 0 Å². The van der Waals surface area contributed by atoms with Gasteiger partial charge < -0.3 is 5.32 Å². The third-order valence-electron chi connectivity index (χ3n) is 2.56. The van der Waals surface area contributed by atoms with E-state index in [0.29, 0.717) is 25.3 Å². The molecule has 1 aliphatic rings. The summed E-state index contributed by atoms with van der Waals surface area (Å²) >= 11 is 0. The molecule has 4 nitrogen and oxygen atoms in total. The van der Waals surface area contributed by atoms with Crippen LogP contribution in [0.2, 0.25) is 0 Å². The van der Waals surface area contributed by atoms with Gasteiger partial charge in [-0.3, -0.25) is 4.79 Å². The Balaban J connectivity index is 2.58. The molecule has 1 rings (SSSR count). The van der Waals surface area contributed by atoms with Gasteiger partial charge in [-0.15, -0.1) is 0 Å². The second-order valence-corrected chi connectivity index (χ2v) is 6.79. The van der Waals surface area contributed by atoms with E-state index in [2.05, 4.69) is 5.32 Å². The van der Waals surface area contributed by atoms with Gasteiger partial charge in [0.25, 0.3) is 0 Å². The number of rotatable bonds is 3. The summed E-state index contributed by atoms with van der Waals surface area (Å²) in [5.74, 6) is 0.191. The van der Waals surface area contributed by atoms with Gasteiger partial charge in [-0.25, -0.2) is 8.42 Å². The summed E-state index contributed by atoms with van der Waals surface area (Å²) < 4.78 is 23.2. The molecule has 0 radical (unpaired) electrons. The fourth-order valence-electron chi connectivity index (χ4n) is 1.67. The number of nitrogens with one attached hydrogen (secondary N) is 1. The van der Waals surface area contributed by atoms with Crippen LogP contribution >= 0.6 is 0 Å². The van der Waals surface area contributed by atoms with Crippen LogP contribution in [-0.2, 0) is 14.6 Å². The molecule has 1 N–H and O–H groups in total. The van der Waals surface area contributed by atoms with Crippen LogP contribution in [0.5, 0.6) is 0 Å². The molecule has 0 bridgehead atoms. The van der Waals surface area contributed by atoms with E-state index < -0.39 is 15.1 Å². The van der Waals surface area contributed by atoms with Crippen molar-refractivity contribution in [3.8, 4) is 0 Å². The van der Waals surface area contributed by atoms with Gasteiger partial charge in [-0.05, 0) is 18.8 Å². The molecule has 1 atom stereocenters. The number of amides is 1. The minimum absolute atomic E-state index is 0.159. The van der Waals surface area contributed by atoms with Gasteiger partial charge in [0.05, 0.1) is 5.75 Å². The standard InChI is InChI=1S/C10H19NO3S/c1-8(2)7-11-10(12)9-5-3-4-6-15(9,13)14/h8-9H,3-7H2,1-2H3,(H,11,12). The van der Waals surface area contributed by atoms with Crippen molar-refractivity contribution in [2.45, 2.75) is 38.4 Å². The molecular weight excluding hydrogens is 214 g/mol. The molecule has 1 amide bonds. The first kappa shape index (κ1) is 12.5. The van der Waals surface area contributed by atoms with Crippen LogP contribution in [0.1, 0.15) is 33.1 Å². The zero-order valence-corrected chi connectivity index (χ0v) is 10.1. The molecule has 1 heterocycles. The molecule has 0 aromatic rings. The molecular formula is C10H19NO3S. The first-order valence-corrected chi connectivity index (χ1v) is 7.14. The molecule has 1 aliphatic heterocycles. The van der Waals surface area contributed by atoms with Crippen molar-refractivity contribution in [1.82, 2.24) is 5.32 Å². The van der Waals surface area contributed by atoms with Gasteiger partial charge in [0.2, 0.25) is 5.91 Å². The predicted molar refractivity (Wildman–Crippen MR) is 59.3 cm³/mol. The second kappa shape index (κ2) is 4.96. The van der Waals surface area contributed by atoms with Gasteiger partial charge in [0.15, 0.2) is 9.84 Å². The van der Waals surface area contributed by atoms with Crippen molar-refractivity contribution in [2.24, 2.45) is 5.92 Å². The molecule has 0 aliphatic carbocycles. The largest absolute Gasteiger partial charge is 0.355 e. The topological polar surface area (TPSA) is 63.2 Å². The molecule has 88 valence electrons. The van der Waals surface area contributed by atoms with Gasteiger partial charge in [0, 0.05) is 6.54 Å². The lowest BCUT2D eigenvalue weighted by Gasteiger charge is -2.21. The maximum Gasteiger partial charge on any atom is 0.238 e. The monoisotopic (exact) mass is 233 g/mol. The lowest BCUT2D eigenvalue weighted by atomic mass is 10.1. The quantitative estimate of drug-likeness (QED) is 0.781. The van der Waals surface area contributed by atoms with E-state index in [1.807, 2.05) is 13.8 Å². The Bertz CT molecular complexity index is 322. The SMILES string of the molecule is CC(C)CNC(=O)C1CCCCS1(=O)=O. The first-order chi connectivity index (χ1) is 6.93. The van der Waals surface area contributed by atoms with Crippen LogP contribution in [0, 0.1) is 5.92 Å². The van der Waals surface area contributed by atoms with Gasteiger partial charge in [-0.1, -0.05) is 20.3 Å². The molecule has 0 aromatic heterocycles. The fraction of sp³-hybridized carbons (Fsp3) is 0.900. The highest BCUT2D eigenvalue weighted by Gasteiger charge is 2.34. The lowest BCUT2D eigenvalue weighted by molar-refractivity contribution is -0.121. The van der Waals surface area contributed by atoms with Gasteiger partial charge in [0.1, 0.15) is 5.25 Å². The van der Waals surface area contributed by atoms with Crippen molar-refractivity contribution >= 4 is 15.7 Å². The Morgan fingerprint density at radius 3 is 2.60 bits per heavy atom. The Kier molecular flexibility index (Phi) is 4.13. The number of hydrogen-bond donors (Lipinski definition) is 1. The zero-order chi connectivity index (χ0) is 11.5. The summed E-state index contributed by atoms with van der Waals surface area (Å²) in [6.45, 7) is 4.51. The van der Waals surface area contributed by atoms with Gasteiger partial charge in [-0.2, -0.15) is 0 Å². The first-order valence-electron chi connectivity index (χ1n) is 5.43. The minimum atomic E-state index is -3.18. The predicted octanol–water partition coefficient (Wildman–Crippen LogP) is 0.726. The van der Waals surface area contributed by atoms with Crippen molar-refractivity contribution in [3.63, 3.8) is 0 Å². The molecule has 1 fully saturated rings. The highest BCUT2D eigenvalue weighted by Crippen LogP contribution is 2.19. The molecule has 1 unspecified atom stereocenters. The summed E-state index contributed by atoms with van der Waals surface area (Å²) in [6.07, 6.45) is 2.00. The van der Waals surface area contributed by atoms with Crippen molar-refractivity contribution in [1.29, 1.82) is 0 Å². The summed E-state index contributed by atoms with van der Waals surface area (Å²) in [5.41, 5.74) is 0. The zero-order valence-electron chi connectivity index (χ0n) is 9.32. The van der Waals surface area contributed by atoms with Crippen LogP contribution in [0.25, 0.3) is 0 Å². The van der Waals surface area contributed by atoms with E-state index in [9.17, 15) is 13.2 Å². The third kappa shape index (κ3) is 3.48. The van der Waals surface area contributed by atoms with E-state index in [4.69, 9.17) is 0 Å². The van der Waals surface area contributed by atoms with Gasteiger partial charge >= 0.3 is 0 Å². The smallest absolute Gasteiger partial charge is 0.238 e. The number of hydrogen-bond acceptors (Lipinski definition) is 3. The molecule has 1 saturated heterocycles. The van der Waals surface area contributed by atoms with Crippen LogP contribution in [0.4, 0.5) is 0 Å². The summed E-state index contributed by atoms with van der Waals surface area (Å²) in [6, 6.07) is 0. The molecule has 0 spiro atoms. The summed E-state index contributed by atoms with van der Waals surface area (Å²) in [5, 5.41) is 1.89. The van der Waals surface area contributed by atoms with E-state index in [1.165, 1.54) is 0 Å². The average molecular weight is 233 g/mol. The minimum Gasteiger partial charge on any atom is -0.355 e.